The van der Waals surface area contributed by atoms with Gasteiger partial charge < -0.3 is 55.8 Å². The molecular weight excluding hydrogens is 790 g/mol. The van der Waals surface area contributed by atoms with Gasteiger partial charge in [-0.05, 0) is 0 Å². The molecule has 338 valence electrons. The molecule has 2 saturated heterocycles. The summed E-state index contributed by atoms with van der Waals surface area (Å²) < 4.78 is 0. The van der Waals surface area contributed by atoms with E-state index in [1.165, 1.54) is 9.80 Å². The SMILES string of the molecule is O=C(O)CN1CCN(CC(=O)O)CCN(CC(O)CN(CC(=O)O)CC(O)CN2CCN(CC(=O)O)CCN(C(=O)O)CCN(C(=O)O)CC2)CCN(CC(=O)O)CC1. The van der Waals surface area contributed by atoms with Crippen LogP contribution in [-0.2, 0) is 24.0 Å². The fourth-order valence-electron chi connectivity index (χ4n) is 6.92. The van der Waals surface area contributed by atoms with Crippen LogP contribution in [-0.4, -0.2) is 308 Å². The summed E-state index contributed by atoms with van der Waals surface area (Å²) in [6, 6.07) is 0. The third kappa shape index (κ3) is 22.5. The maximum atomic E-state index is 12.0. The summed E-state index contributed by atoms with van der Waals surface area (Å²) in [4.78, 5) is 95.1. The second kappa shape index (κ2) is 26.6. The summed E-state index contributed by atoms with van der Waals surface area (Å²) in [6.45, 7) is -0.921. The first-order valence-corrected chi connectivity index (χ1v) is 19.3. The molecule has 0 aromatic rings. The van der Waals surface area contributed by atoms with Crippen LogP contribution in [0.25, 0.3) is 0 Å². The number of carboxylic acid groups (broad SMARTS) is 7. The van der Waals surface area contributed by atoms with Gasteiger partial charge in [-0.1, -0.05) is 0 Å². The van der Waals surface area contributed by atoms with Crippen molar-refractivity contribution in [2.45, 2.75) is 12.2 Å². The van der Waals surface area contributed by atoms with E-state index < -0.39 is 67.3 Å². The quantitative estimate of drug-likeness (QED) is 0.0625. The second-order valence-electron chi connectivity index (χ2n) is 14.7. The van der Waals surface area contributed by atoms with Gasteiger partial charge in [0.15, 0.2) is 0 Å². The van der Waals surface area contributed by atoms with E-state index in [0.29, 0.717) is 0 Å². The Morgan fingerprint density at radius 2 is 0.610 bits per heavy atom. The van der Waals surface area contributed by atoms with Gasteiger partial charge in [0, 0.05) is 131 Å². The molecule has 2 atom stereocenters. The van der Waals surface area contributed by atoms with Crippen LogP contribution in [0.1, 0.15) is 0 Å². The van der Waals surface area contributed by atoms with Gasteiger partial charge in [0.2, 0.25) is 0 Å². The van der Waals surface area contributed by atoms with Crippen LogP contribution in [0.4, 0.5) is 9.59 Å². The van der Waals surface area contributed by atoms with Crippen molar-refractivity contribution in [3.05, 3.63) is 0 Å². The monoisotopic (exact) mass is 851 g/mol. The van der Waals surface area contributed by atoms with Crippen molar-refractivity contribution in [1.29, 1.82) is 0 Å². The summed E-state index contributed by atoms with van der Waals surface area (Å²) in [5, 5.41) is 89.3. The Morgan fingerprint density at radius 3 is 0.864 bits per heavy atom. The maximum absolute atomic E-state index is 12.0. The molecule has 0 aliphatic carbocycles. The molecule has 2 aliphatic rings. The van der Waals surface area contributed by atoms with Gasteiger partial charge in [0.25, 0.3) is 0 Å². The number of β-amino-alcohol motifs (C(OH)–C–C–N with tert-alkyl or cyclic N) is 2. The molecular formula is C34H61N9O16. The highest BCUT2D eigenvalue weighted by atomic mass is 16.4. The lowest BCUT2D eigenvalue weighted by Gasteiger charge is -2.35. The highest BCUT2D eigenvalue weighted by Gasteiger charge is 2.26. The Bertz CT molecular complexity index is 1350. The Kier molecular flexibility index (Phi) is 22.8. The molecule has 0 aromatic carbocycles. The topological polar surface area (TPSA) is 331 Å². The van der Waals surface area contributed by atoms with E-state index in [9.17, 15) is 79.5 Å². The van der Waals surface area contributed by atoms with Gasteiger partial charge in [-0.3, -0.25) is 58.3 Å². The number of rotatable bonds is 18. The minimum absolute atomic E-state index is 0.0327. The summed E-state index contributed by atoms with van der Waals surface area (Å²) >= 11 is 0. The molecule has 2 unspecified atom stereocenters. The van der Waals surface area contributed by atoms with Gasteiger partial charge in [0.1, 0.15) is 0 Å². The van der Waals surface area contributed by atoms with E-state index in [-0.39, 0.29) is 151 Å². The molecule has 2 heterocycles. The highest BCUT2D eigenvalue weighted by Crippen LogP contribution is 2.07. The fraction of sp³-hybridized carbons (Fsp3) is 0.794. The third-order valence-corrected chi connectivity index (χ3v) is 9.89. The lowest BCUT2D eigenvalue weighted by molar-refractivity contribution is -0.140. The van der Waals surface area contributed by atoms with Crippen LogP contribution in [0.3, 0.4) is 0 Å². The zero-order chi connectivity index (χ0) is 44.1. The number of nitrogens with zero attached hydrogens (tertiary/aromatic N) is 9. The summed E-state index contributed by atoms with van der Waals surface area (Å²) in [6.07, 6.45) is -4.98. The number of amides is 2. The summed E-state index contributed by atoms with van der Waals surface area (Å²) in [5.74, 6) is -5.66. The fourth-order valence-corrected chi connectivity index (χ4v) is 6.92. The summed E-state index contributed by atoms with van der Waals surface area (Å²) in [7, 11) is 0. The molecule has 2 aliphatic heterocycles. The first kappa shape index (κ1) is 50.7. The minimum Gasteiger partial charge on any atom is -0.480 e. The zero-order valence-corrected chi connectivity index (χ0v) is 33.2. The molecule has 2 rings (SSSR count). The standard InChI is InChI=1S/C34H61N9O16/c44-26(17-35-1-4-37(21-28(46)47)7-9-39(23-30(50)51)10-8-38(5-2-35)22-29(48)49)19-41(25-32(54)55)20-27(45)18-36-3-6-40(24-31(52)53)12-14-43(34(58)59)16-15-42(13-11-36)33(56)57/h26-27,44-45H,1-25H2,(H,46,47)(H,48,49)(H,50,51)(H,52,53)(H,54,55)(H,56,57)(H,58,59). The molecule has 0 saturated carbocycles. The Labute approximate surface area is 341 Å². The average molecular weight is 852 g/mol. The first-order chi connectivity index (χ1) is 27.8. The number of aliphatic hydroxyl groups excluding tert-OH is 2. The van der Waals surface area contributed by atoms with Crippen molar-refractivity contribution in [2.75, 3.05) is 164 Å². The Hall–Kier alpha value is -4.47. The highest BCUT2D eigenvalue weighted by molar-refractivity contribution is 5.70. The van der Waals surface area contributed by atoms with Crippen LogP contribution in [0.5, 0.6) is 0 Å². The van der Waals surface area contributed by atoms with E-state index in [1.807, 2.05) is 0 Å². The lowest BCUT2D eigenvalue weighted by Crippen LogP contribution is -2.51. The number of carboxylic acids is 5. The van der Waals surface area contributed by atoms with Crippen molar-refractivity contribution >= 4 is 42.0 Å². The number of aliphatic carboxylic acids is 5. The number of aliphatic hydroxyl groups is 2. The van der Waals surface area contributed by atoms with Crippen LogP contribution in [0.15, 0.2) is 0 Å². The van der Waals surface area contributed by atoms with Crippen molar-refractivity contribution in [3.8, 4) is 0 Å². The normalized spacial score (nSPS) is 20.1. The molecule has 0 aromatic heterocycles. The largest absolute Gasteiger partial charge is 0.480 e. The van der Waals surface area contributed by atoms with Gasteiger partial charge in [0.05, 0.1) is 44.9 Å². The minimum atomic E-state index is -1.29. The molecule has 59 heavy (non-hydrogen) atoms. The van der Waals surface area contributed by atoms with Crippen LogP contribution in [0.2, 0.25) is 0 Å². The first-order valence-electron chi connectivity index (χ1n) is 19.3. The molecule has 9 N–H and O–H groups in total. The smallest absolute Gasteiger partial charge is 0.407 e. The molecule has 2 amide bonds. The van der Waals surface area contributed by atoms with Gasteiger partial charge in [-0.25, -0.2) is 9.59 Å². The number of carbonyl (C=O) groups is 7. The van der Waals surface area contributed by atoms with E-state index in [4.69, 9.17) is 0 Å². The molecule has 0 bridgehead atoms. The zero-order valence-electron chi connectivity index (χ0n) is 33.2. The van der Waals surface area contributed by atoms with Gasteiger partial charge in [-0.2, -0.15) is 0 Å². The van der Waals surface area contributed by atoms with E-state index in [1.54, 1.807) is 24.5 Å². The van der Waals surface area contributed by atoms with Gasteiger partial charge >= 0.3 is 42.0 Å². The predicted molar refractivity (Wildman–Crippen MR) is 204 cm³/mol. The van der Waals surface area contributed by atoms with Crippen molar-refractivity contribution in [3.63, 3.8) is 0 Å². The van der Waals surface area contributed by atoms with E-state index in [0.717, 1.165) is 9.80 Å². The molecule has 25 heteroatoms. The molecule has 0 spiro atoms. The Morgan fingerprint density at radius 1 is 0.373 bits per heavy atom. The Balaban J connectivity index is 2.19. The second-order valence-corrected chi connectivity index (χ2v) is 14.7. The third-order valence-electron chi connectivity index (χ3n) is 9.89. The number of hydrogen-bond donors (Lipinski definition) is 9. The van der Waals surface area contributed by atoms with Crippen LogP contribution < -0.4 is 0 Å². The van der Waals surface area contributed by atoms with Crippen LogP contribution in [0, 0.1) is 0 Å². The lowest BCUT2D eigenvalue weighted by atomic mass is 10.2. The van der Waals surface area contributed by atoms with Crippen molar-refractivity contribution in [1.82, 2.24) is 44.1 Å². The average Bonchev–Trinajstić information content (AvgIpc) is 3.10. The van der Waals surface area contributed by atoms with Gasteiger partial charge in [-0.15, -0.1) is 0 Å². The van der Waals surface area contributed by atoms with E-state index in [2.05, 4.69) is 0 Å². The maximum Gasteiger partial charge on any atom is 0.407 e. The van der Waals surface area contributed by atoms with E-state index >= 15 is 0 Å². The molecule has 0 radical (unpaired) electrons. The number of hydrogen-bond acceptors (Lipinski definition) is 16. The molecule has 25 nitrogen and oxygen atoms in total. The summed E-state index contributed by atoms with van der Waals surface area (Å²) in [5.41, 5.74) is 0. The van der Waals surface area contributed by atoms with Crippen molar-refractivity contribution in [2.24, 2.45) is 0 Å². The van der Waals surface area contributed by atoms with Crippen molar-refractivity contribution < 1.29 is 79.5 Å². The van der Waals surface area contributed by atoms with Crippen LogP contribution >= 0.6 is 0 Å². The molecule has 2 fully saturated rings. The predicted octanol–water partition coefficient (Wildman–Crippen LogP) is -4.77.